The van der Waals surface area contributed by atoms with Crippen molar-refractivity contribution in [3.63, 3.8) is 0 Å². The summed E-state index contributed by atoms with van der Waals surface area (Å²) in [6.07, 6.45) is 1.81. The molecule has 8 nitrogen and oxygen atoms in total. The minimum atomic E-state index is -0.780. The molecule has 1 saturated heterocycles. The van der Waals surface area contributed by atoms with Crippen molar-refractivity contribution in [2.45, 2.75) is 18.9 Å². The summed E-state index contributed by atoms with van der Waals surface area (Å²) in [5.74, 6) is -0.315. The van der Waals surface area contributed by atoms with Crippen molar-refractivity contribution in [1.29, 1.82) is 0 Å². The number of aromatic hydroxyl groups is 1. The van der Waals surface area contributed by atoms with Crippen LogP contribution in [0.5, 0.6) is 5.75 Å². The number of anilines is 2. The molecule has 0 unspecified atom stereocenters. The summed E-state index contributed by atoms with van der Waals surface area (Å²) in [7, 11) is 0. The van der Waals surface area contributed by atoms with Crippen molar-refractivity contribution in [2.24, 2.45) is 0 Å². The van der Waals surface area contributed by atoms with E-state index in [1.165, 1.54) is 0 Å². The topological polar surface area (TPSA) is 125 Å². The SMILES string of the molecule is Nc1nnc(-c2ccccc2O)cc1-c1ccc(NC2CCN(CC(=O)O)CC2)cc1. The van der Waals surface area contributed by atoms with Crippen LogP contribution in [0.3, 0.4) is 0 Å². The van der Waals surface area contributed by atoms with Crippen LogP contribution in [0.25, 0.3) is 22.4 Å². The number of piperidine rings is 1. The minimum Gasteiger partial charge on any atom is -0.507 e. The van der Waals surface area contributed by atoms with E-state index >= 15 is 0 Å². The minimum absolute atomic E-state index is 0.103. The highest BCUT2D eigenvalue weighted by Crippen LogP contribution is 2.32. The standard InChI is InChI=1S/C23H25N5O3/c24-23-19(13-20(26-27-23)18-3-1-2-4-21(18)29)15-5-7-16(8-6-15)25-17-9-11-28(12-10-17)14-22(30)31/h1-8,13,17,25,29H,9-12,14H2,(H2,24,27)(H,30,31). The molecule has 1 aliphatic heterocycles. The number of nitrogens with two attached hydrogens (primary N) is 1. The van der Waals surface area contributed by atoms with Gasteiger partial charge in [0.15, 0.2) is 5.82 Å². The summed E-state index contributed by atoms with van der Waals surface area (Å²) < 4.78 is 0. The summed E-state index contributed by atoms with van der Waals surface area (Å²) in [4.78, 5) is 12.8. The maximum Gasteiger partial charge on any atom is 0.317 e. The molecule has 1 fully saturated rings. The number of nitrogens with zero attached hydrogens (tertiary/aromatic N) is 3. The lowest BCUT2D eigenvalue weighted by Gasteiger charge is -2.31. The molecular formula is C23H25N5O3. The zero-order valence-corrected chi connectivity index (χ0v) is 17.0. The zero-order chi connectivity index (χ0) is 21.8. The van der Waals surface area contributed by atoms with Crippen LogP contribution in [0.1, 0.15) is 12.8 Å². The fraction of sp³-hybridized carbons (Fsp3) is 0.261. The van der Waals surface area contributed by atoms with E-state index in [2.05, 4.69) is 15.5 Å². The molecule has 0 atom stereocenters. The van der Waals surface area contributed by atoms with Gasteiger partial charge in [-0.05, 0) is 48.7 Å². The van der Waals surface area contributed by atoms with Crippen LogP contribution in [-0.4, -0.2) is 57.0 Å². The molecule has 2 aromatic carbocycles. The van der Waals surface area contributed by atoms with Gasteiger partial charge in [-0.3, -0.25) is 9.69 Å². The Morgan fingerprint density at radius 1 is 1.06 bits per heavy atom. The van der Waals surface area contributed by atoms with E-state index < -0.39 is 5.97 Å². The number of phenols is 1. The lowest BCUT2D eigenvalue weighted by Crippen LogP contribution is -2.41. The molecule has 5 N–H and O–H groups in total. The Balaban J connectivity index is 1.46. The van der Waals surface area contributed by atoms with Gasteiger partial charge in [-0.15, -0.1) is 10.2 Å². The number of benzene rings is 2. The quantitative estimate of drug-likeness (QED) is 0.480. The van der Waals surface area contributed by atoms with E-state index in [0.717, 1.165) is 42.7 Å². The van der Waals surface area contributed by atoms with Gasteiger partial charge in [-0.2, -0.15) is 0 Å². The predicted octanol–water partition coefficient (Wildman–Crippen LogP) is 3.06. The number of likely N-dealkylation sites (tertiary alicyclic amines) is 1. The highest BCUT2D eigenvalue weighted by molar-refractivity contribution is 5.79. The maximum atomic E-state index is 10.8. The van der Waals surface area contributed by atoms with Gasteiger partial charge in [-0.1, -0.05) is 24.3 Å². The van der Waals surface area contributed by atoms with Crippen LogP contribution >= 0.6 is 0 Å². The number of rotatable bonds is 6. The second-order valence-corrected chi connectivity index (χ2v) is 7.71. The Labute approximate surface area is 180 Å². The van der Waals surface area contributed by atoms with Gasteiger partial charge in [0, 0.05) is 35.9 Å². The highest BCUT2D eigenvalue weighted by Gasteiger charge is 2.20. The molecular weight excluding hydrogens is 394 g/mol. The summed E-state index contributed by atoms with van der Waals surface area (Å²) >= 11 is 0. The number of hydrogen-bond donors (Lipinski definition) is 4. The number of hydrogen-bond acceptors (Lipinski definition) is 7. The summed E-state index contributed by atoms with van der Waals surface area (Å²) in [5, 5.41) is 30.7. The molecule has 0 aliphatic carbocycles. The number of aliphatic carboxylic acids is 1. The third kappa shape index (κ3) is 4.92. The van der Waals surface area contributed by atoms with Crippen LogP contribution in [-0.2, 0) is 4.79 Å². The van der Waals surface area contributed by atoms with E-state index in [-0.39, 0.29) is 12.3 Å². The zero-order valence-electron chi connectivity index (χ0n) is 17.0. The van der Waals surface area contributed by atoms with Crippen LogP contribution in [0.4, 0.5) is 11.5 Å². The molecule has 0 spiro atoms. The third-order valence-corrected chi connectivity index (χ3v) is 5.52. The van der Waals surface area contributed by atoms with Gasteiger partial charge in [-0.25, -0.2) is 0 Å². The summed E-state index contributed by atoms with van der Waals surface area (Å²) in [6.45, 7) is 1.65. The number of nitrogen functional groups attached to an aromatic ring is 1. The maximum absolute atomic E-state index is 10.8. The fourth-order valence-electron chi connectivity index (χ4n) is 3.86. The molecule has 1 aliphatic rings. The first-order chi connectivity index (χ1) is 15.0. The van der Waals surface area contributed by atoms with E-state index in [1.54, 1.807) is 18.2 Å². The fourth-order valence-corrected chi connectivity index (χ4v) is 3.86. The molecule has 0 bridgehead atoms. The highest BCUT2D eigenvalue weighted by atomic mass is 16.4. The molecule has 2 heterocycles. The molecule has 0 saturated carbocycles. The van der Waals surface area contributed by atoms with Crippen LogP contribution < -0.4 is 11.1 Å². The second-order valence-electron chi connectivity index (χ2n) is 7.71. The van der Waals surface area contributed by atoms with E-state index in [4.69, 9.17) is 10.8 Å². The Kier molecular flexibility index (Phi) is 5.99. The molecule has 31 heavy (non-hydrogen) atoms. The first-order valence-electron chi connectivity index (χ1n) is 10.2. The van der Waals surface area contributed by atoms with E-state index in [9.17, 15) is 9.90 Å². The second kappa shape index (κ2) is 9.01. The number of nitrogens with one attached hydrogen (secondary N) is 1. The van der Waals surface area contributed by atoms with Crippen LogP contribution in [0.15, 0.2) is 54.6 Å². The van der Waals surface area contributed by atoms with Crippen molar-refractivity contribution in [1.82, 2.24) is 15.1 Å². The smallest absolute Gasteiger partial charge is 0.317 e. The Morgan fingerprint density at radius 2 is 1.77 bits per heavy atom. The van der Waals surface area contributed by atoms with E-state index in [0.29, 0.717) is 23.1 Å². The van der Waals surface area contributed by atoms with Gasteiger partial charge >= 0.3 is 5.97 Å². The molecule has 160 valence electrons. The van der Waals surface area contributed by atoms with Crippen molar-refractivity contribution < 1.29 is 15.0 Å². The molecule has 3 aromatic rings. The summed E-state index contributed by atoms with van der Waals surface area (Å²) in [6, 6.07) is 17.1. The lowest BCUT2D eigenvalue weighted by molar-refractivity contribution is -0.138. The Hall–Kier alpha value is -3.65. The molecule has 1 aromatic heterocycles. The van der Waals surface area contributed by atoms with Crippen molar-refractivity contribution in [3.8, 4) is 28.1 Å². The number of aromatic nitrogens is 2. The van der Waals surface area contributed by atoms with Crippen LogP contribution in [0.2, 0.25) is 0 Å². The van der Waals surface area contributed by atoms with Gasteiger partial charge < -0.3 is 21.3 Å². The van der Waals surface area contributed by atoms with Crippen molar-refractivity contribution in [3.05, 3.63) is 54.6 Å². The van der Waals surface area contributed by atoms with Crippen LogP contribution in [0, 0.1) is 0 Å². The van der Waals surface area contributed by atoms with Crippen molar-refractivity contribution >= 4 is 17.5 Å². The average molecular weight is 419 g/mol. The van der Waals surface area contributed by atoms with Gasteiger partial charge in [0.25, 0.3) is 0 Å². The van der Waals surface area contributed by atoms with E-state index in [1.807, 2.05) is 41.3 Å². The summed E-state index contributed by atoms with van der Waals surface area (Å²) in [5.41, 5.74) is 9.89. The monoisotopic (exact) mass is 419 g/mol. The van der Waals surface area contributed by atoms with Gasteiger partial charge in [0.05, 0.1) is 12.2 Å². The van der Waals surface area contributed by atoms with Gasteiger partial charge in [0.1, 0.15) is 5.75 Å². The molecule has 4 rings (SSSR count). The van der Waals surface area contributed by atoms with Gasteiger partial charge in [0.2, 0.25) is 0 Å². The lowest BCUT2D eigenvalue weighted by atomic mass is 10.0. The number of para-hydroxylation sites is 1. The molecule has 8 heteroatoms. The molecule has 0 radical (unpaired) electrons. The first-order valence-corrected chi connectivity index (χ1v) is 10.2. The Bertz CT molecular complexity index is 1060. The normalized spacial score (nSPS) is 15.0. The number of carbonyl (C=O) groups is 1. The number of phenolic OH excluding ortho intramolecular Hbond substituents is 1. The predicted molar refractivity (Wildman–Crippen MR) is 120 cm³/mol. The number of carboxylic acids is 1. The molecule has 0 amide bonds. The number of carboxylic acid groups (broad SMARTS) is 1. The van der Waals surface area contributed by atoms with Crippen molar-refractivity contribution in [2.75, 3.05) is 30.7 Å². The third-order valence-electron chi connectivity index (χ3n) is 5.52. The largest absolute Gasteiger partial charge is 0.507 e. The average Bonchev–Trinajstić information content (AvgIpc) is 2.76. The Morgan fingerprint density at radius 3 is 2.45 bits per heavy atom. The first kappa shape index (κ1) is 20.6.